The van der Waals surface area contributed by atoms with Crippen LogP contribution in [0.5, 0.6) is 0 Å². The summed E-state index contributed by atoms with van der Waals surface area (Å²) in [6, 6.07) is 4.79. The molecule has 3 heterocycles. The van der Waals surface area contributed by atoms with Crippen LogP contribution in [0.4, 0.5) is 4.79 Å². The molecule has 1 aromatic rings. The standard InChI is InChI=1S/C22H27N3O6/c1-22(6-8-30-9-7-22)13-31-21(29)23-11-14-2-3-15-12-25(20(28)16(15)10-14)17-4-5-18(26)24-19(17)27/h2-3,10,17H,4-9,11-13H2,1H3,(H,23,29)(H,24,26,27). The largest absolute Gasteiger partial charge is 0.449 e. The molecule has 2 N–H and O–H groups in total. The van der Waals surface area contributed by atoms with Gasteiger partial charge in [-0.25, -0.2) is 4.79 Å². The Morgan fingerprint density at radius 2 is 2.06 bits per heavy atom. The number of nitrogens with zero attached hydrogens (tertiary/aromatic N) is 1. The van der Waals surface area contributed by atoms with Crippen molar-refractivity contribution < 1.29 is 28.7 Å². The number of carbonyl (C=O) groups is 4. The molecular formula is C22H27N3O6. The number of imide groups is 1. The predicted molar refractivity (Wildman–Crippen MR) is 109 cm³/mol. The van der Waals surface area contributed by atoms with Gasteiger partial charge in [0.25, 0.3) is 5.91 Å². The lowest BCUT2D eigenvalue weighted by molar-refractivity contribution is -0.136. The Morgan fingerprint density at radius 3 is 2.81 bits per heavy atom. The van der Waals surface area contributed by atoms with Crippen LogP contribution < -0.4 is 10.6 Å². The maximum absolute atomic E-state index is 12.9. The van der Waals surface area contributed by atoms with Crippen LogP contribution in [0.1, 0.15) is 54.1 Å². The van der Waals surface area contributed by atoms with Gasteiger partial charge in [0, 0.05) is 43.7 Å². The van der Waals surface area contributed by atoms with E-state index in [1.807, 2.05) is 12.1 Å². The third-order valence-electron chi connectivity index (χ3n) is 6.28. The number of alkyl carbamates (subject to hydrolysis) is 1. The third kappa shape index (κ3) is 4.71. The Hall–Kier alpha value is -2.94. The number of hydrogen-bond donors (Lipinski definition) is 2. The van der Waals surface area contributed by atoms with E-state index in [0.717, 1.165) is 24.0 Å². The van der Waals surface area contributed by atoms with Crippen molar-refractivity contribution >= 4 is 23.8 Å². The summed E-state index contributed by atoms with van der Waals surface area (Å²) < 4.78 is 10.7. The summed E-state index contributed by atoms with van der Waals surface area (Å²) in [5.41, 5.74) is 2.06. The number of fused-ring (bicyclic) bond motifs is 1. The minimum Gasteiger partial charge on any atom is -0.449 e. The predicted octanol–water partition coefficient (Wildman–Crippen LogP) is 1.49. The first-order valence-corrected chi connectivity index (χ1v) is 10.6. The fourth-order valence-corrected chi connectivity index (χ4v) is 4.19. The molecule has 1 aromatic carbocycles. The second-order valence-corrected chi connectivity index (χ2v) is 8.74. The lowest BCUT2D eigenvalue weighted by Gasteiger charge is -2.32. The lowest BCUT2D eigenvalue weighted by atomic mass is 9.83. The van der Waals surface area contributed by atoms with E-state index in [9.17, 15) is 19.2 Å². The summed E-state index contributed by atoms with van der Waals surface area (Å²) in [4.78, 5) is 50.0. The van der Waals surface area contributed by atoms with Gasteiger partial charge in [-0.1, -0.05) is 19.1 Å². The summed E-state index contributed by atoms with van der Waals surface area (Å²) >= 11 is 0. The molecule has 4 rings (SSSR count). The van der Waals surface area contributed by atoms with Crippen LogP contribution in [0, 0.1) is 5.41 Å². The fraction of sp³-hybridized carbons (Fsp3) is 0.545. The quantitative estimate of drug-likeness (QED) is 0.686. The monoisotopic (exact) mass is 429 g/mol. The van der Waals surface area contributed by atoms with E-state index < -0.39 is 18.0 Å². The number of benzene rings is 1. The first kappa shape index (κ1) is 21.3. The van der Waals surface area contributed by atoms with Gasteiger partial charge in [-0.15, -0.1) is 0 Å². The molecule has 9 nitrogen and oxygen atoms in total. The van der Waals surface area contributed by atoms with E-state index in [4.69, 9.17) is 9.47 Å². The number of ether oxygens (including phenoxy) is 2. The highest BCUT2D eigenvalue weighted by Gasteiger charge is 2.39. The summed E-state index contributed by atoms with van der Waals surface area (Å²) in [6.45, 7) is 4.35. The van der Waals surface area contributed by atoms with Gasteiger partial charge < -0.3 is 19.7 Å². The van der Waals surface area contributed by atoms with Crippen molar-refractivity contribution in [3.8, 4) is 0 Å². The normalized spacial score (nSPS) is 22.7. The van der Waals surface area contributed by atoms with E-state index in [2.05, 4.69) is 17.6 Å². The molecule has 3 aliphatic rings. The van der Waals surface area contributed by atoms with Crippen LogP contribution in [0.3, 0.4) is 0 Å². The van der Waals surface area contributed by atoms with Crippen LogP contribution >= 0.6 is 0 Å². The average Bonchev–Trinajstić information content (AvgIpc) is 3.07. The number of piperidine rings is 1. The molecule has 1 atom stereocenters. The van der Waals surface area contributed by atoms with Gasteiger partial charge in [0.1, 0.15) is 6.04 Å². The van der Waals surface area contributed by atoms with E-state index in [0.29, 0.717) is 38.3 Å². The van der Waals surface area contributed by atoms with Gasteiger partial charge in [0.15, 0.2) is 0 Å². The van der Waals surface area contributed by atoms with Gasteiger partial charge in [0.05, 0.1) is 6.61 Å². The molecule has 0 saturated carbocycles. The van der Waals surface area contributed by atoms with Crippen molar-refractivity contribution in [2.45, 2.75) is 51.7 Å². The Kier molecular flexibility index (Phi) is 5.95. The molecule has 0 radical (unpaired) electrons. The minimum absolute atomic E-state index is 0.0605. The van der Waals surface area contributed by atoms with Crippen molar-refractivity contribution in [3.63, 3.8) is 0 Å². The topological polar surface area (TPSA) is 114 Å². The molecule has 166 valence electrons. The molecule has 31 heavy (non-hydrogen) atoms. The number of hydrogen-bond acceptors (Lipinski definition) is 6. The van der Waals surface area contributed by atoms with Gasteiger partial charge >= 0.3 is 6.09 Å². The molecule has 1 unspecified atom stereocenters. The zero-order valence-electron chi connectivity index (χ0n) is 17.6. The smallest absolute Gasteiger partial charge is 0.407 e. The number of carbonyl (C=O) groups excluding carboxylic acids is 4. The van der Waals surface area contributed by atoms with Crippen molar-refractivity contribution in [2.24, 2.45) is 5.41 Å². The molecule has 0 spiro atoms. The second-order valence-electron chi connectivity index (χ2n) is 8.74. The van der Waals surface area contributed by atoms with Gasteiger partial charge in [-0.3, -0.25) is 19.7 Å². The first-order valence-electron chi connectivity index (χ1n) is 10.6. The van der Waals surface area contributed by atoms with Gasteiger partial charge in [-0.05, 0) is 36.5 Å². The van der Waals surface area contributed by atoms with Gasteiger partial charge in [0.2, 0.25) is 11.8 Å². The highest BCUT2D eigenvalue weighted by atomic mass is 16.5. The van der Waals surface area contributed by atoms with E-state index in [1.54, 1.807) is 6.07 Å². The first-order chi connectivity index (χ1) is 14.8. The zero-order valence-corrected chi connectivity index (χ0v) is 17.6. The number of rotatable bonds is 5. The zero-order chi connectivity index (χ0) is 22.0. The van der Waals surface area contributed by atoms with Crippen LogP contribution in [0.25, 0.3) is 0 Å². The number of amides is 4. The molecule has 0 aromatic heterocycles. The van der Waals surface area contributed by atoms with Crippen molar-refractivity contribution in [1.82, 2.24) is 15.5 Å². The van der Waals surface area contributed by atoms with Crippen LogP contribution in [-0.4, -0.2) is 54.6 Å². The van der Waals surface area contributed by atoms with Crippen LogP contribution in [0.15, 0.2) is 18.2 Å². The average molecular weight is 429 g/mol. The summed E-state index contributed by atoms with van der Waals surface area (Å²) in [7, 11) is 0. The lowest BCUT2D eigenvalue weighted by Crippen LogP contribution is -2.52. The number of nitrogens with one attached hydrogen (secondary N) is 2. The molecule has 4 amide bonds. The highest BCUT2D eigenvalue weighted by Crippen LogP contribution is 2.30. The van der Waals surface area contributed by atoms with Crippen molar-refractivity contribution in [1.29, 1.82) is 0 Å². The molecule has 0 bridgehead atoms. The maximum Gasteiger partial charge on any atom is 0.407 e. The second kappa shape index (κ2) is 8.66. The van der Waals surface area contributed by atoms with E-state index in [-0.39, 0.29) is 30.2 Å². The Morgan fingerprint density at radius 1 is 1.29 bits per heavy atom. The Bertz CT molecular complexity index is 909. The summed E-state index contributed by atoms with van der Waals surface area (Å²) in [5, 5.41) is 5.03. The van der Waals surface area contributed by atoms with Crippen LogP contribution in [0.2, 0.25) is 0 Å². The SMILES string of the molecule is CC1(COC(=O)NCc2ccc3c(c2)C(=O)N(C2CCC(=O)NC2=O)C3)CCOCC1. The fourth-order valence-electron chi connectivity index (χ4n) is 4.19. The molecule has 9 heteroatoms. The molecule has 3 aliphatic heterocycles. The summed E-state index contributed by atoms with van der Waals surface area (Å²) in [5.74, 6) is -0.974. The maximum atomic E-state index is 12.9. The van der Waals surface area contributed by atoms with Crippen LogP contribution in [-0.2, 0) is 32.2 Å². The minimum atomic E-state index is -0.638. The third-order valence-corrected chi connectivity index (χ3v) is 6.28. The Labute approximate surface area is 180 Å². The van der Waals surface area contributed by atoms with Crippen molar-refractivity contribution in [3.05, 3.63) is 34.9 Å². The molecule has 2 saturated heterocycles. The highest BCUT2D eigenvalue weighted by molar-refractivity contribution is 6.05. The molecule has 2 fully saturated rings. The van der Waals surface area contributed by atoms with E-state index >= 15 is 0 Å². The van der Waals surface area contributed by atoms with Crippen molar-refractivity contribution in [2.75, 3.05) is 19.8 Å². The van der Waals surface area contributed by atoms with Gasteiger partial charge in [-0.2, -0.15) is 0 Å². The Balaban J connectivity index is 1.32. The summed E-state index contributed by atoms with van der Waals surface area (Å²) in [6.07, 6.45) is 1.77. The molecule has 0 aliphatic carbocycles. The van der Waals surface area contributed by atoms with E-state index in [1.165, 1.54) is 4.90 Å². The molecular weight excluding hydrogens is 402 g/mol.